The highest BCUT2D eigenvalue weighted by atomic mass is 16.2. The fourth-order valence-corrected chi connectivity index (χ4v) is 2.64. The molecule has 2 heterocycles. The molecule has 0 atom stereocenters. The van der Waals surface area contributed by atoms with Gasteiger partial charge in [-0.25, -0.2) is 0 Å². The molecule has 2 aliphatic heterocycles. The van der Waals surface area contributed by atoms with Gasteiger partial charge in [0.2, 0.25) is 11.8 Å². The van der Waals surface area contributed by atoms with E-state index in [0.29, 0.717) is 19.5 Å². The van der Waals surface area contributed by atoms with Crippen LogP contribution < -0.4 is 10.6 Å². The van der Waals surface area contributed by atoms with Gasteiger partial charge in [-0.2, -0.15) is 0 Å². The van der Waals surface area contributed by atoms with Gasteiger partial charge < -0.3 is 15.5 Å². The molecular formula is C13H24N4O2. The molecular weight excluding hydrogens is 244 g/mol. The Labute approximate surface area is 114 Å². The van der Waals surface area contributed by atoms with Crippen molar-refractivity contribution in [3.8, 4) is 0 Å². The van der Waals surface area contributed by atoms with Crippen molar-refractivity contribution in [2.24, 2.45) is 0 Å². The number of carbonyl (C=O) groups is 2. The molecule has 0 bridgehead atoms. The summed E-state index contributed by atoms with van der Waals surface area (Å²) in [5.41, 5.74) is -0.512. The molecule has 2 fully saturated rings. The van der Waals surface area contributed by atoms with Crippen molar-refractivity contribution in [3.05, 3.63) is 0 Å². The van der Waals surface area contributed by atoms with Crippen LogP contribution in [0.25, 0.3) is 0 Å². The maximum Gasteiger partial charge on any atom is 0.239 e. The average Bonchev–Trinajstić information content (AvgIpc) is 2.41. The third kappa shape index (κ3) is 3.25. The van der Waals surface area contributed by atoms with E-state index in [4.69, 9.17) is 0 Å². The van der Waals surface area contributed by atoms with Gasteiger partial charge in [-0.3, -0.25) is 14.5 Å². The van der Waals surface area contributed by atoms with Gasteiger partial charge in [0.25, 0.3) is 0 Å². The molecule has 0 aromatic heterocycles. The summed E-state index contributed by atoms with van der Waals surface area (Å²) in [5.74, 6) is 0.247. The number of carbonyl (C=O) groups excluding carboxylic acids is 2. The van der Waals surface area contributed by atoms with Crippen LogP contribution in [0.1, 0.15) is 20.3 Å². The molecule has 2 N–H and O–H groups in total. The van der Waals surface area contributed by atoms with Gasteiger partial charge in [0, 0.05) is 52.2 Å². The lowest BCUT2D eigenvalue weighted by atomic mass is 9.98. The molecule has 2 amide bonds. The number of nitrogens with zero attached hydrogens (tertiary/aromatic N) is 2. The molecule has 2 aliphatic rings. The van der Waals surface area contributed by atoms with Crippen molar-refractivity contribution >= 4 is 11.8 Å². The summed E-state index contributed by atoms with van der Waals surface area (Å²) in [6, 6.07) is 0. The van der Waals surface area contributed by atoms with Crippen molar-refractivity contribution < 1.29 is 9.59 Å². The maximum atomic E-state index is 12.1. The molecule has 2 saturated heterocycles. The smallest absolute Gasteiger partial charge is 0.239 e. The molecule has 6 nitrogen and oxygen atoms in total. The van der Waals surface area contributed by atoms with Crippen LogP contribution in [0.3, 0.4) is 0 Å². The van der Waals surface area contributed by atoms with E-state index in [1.807, 2.05) is 18.7 Å². The van der Waals surface area contributed by atoms with Crippen LogP contribution in [0.15, 0.2) is 0 Å². The normalized spacial score (nSPS) is 24.1. The first kappa shape index (κ1) is 14.3. The van der Waals surface area contributed by atoms with Crippen LogP contribution in [0.2, 0.25) is 0 Å². The molecule has 0 saturated carbocycles. The summed E-state index contributed by atoms with van der Waals surface area (Å²) in [7, 11) is 0. The highest BCUT2D eigenvalue weighted by molar-refractivity contribution is 5.86. The number of piperazine rings is 2. The minimum Gasteiger partial charge on any atom is -0.353 e. The van der Waals surface area contributed by atoms with Crippen LogP contribution in [-0.4, -0.2) is 73.0 Å². The Balaban J connectivity index is 1.83. The lowest BCUT2D eigenvalue weighted by Gasteiger charge is -2.41. The van der Waals surface area contributed by atoms with Crippen molar-refractivity contribution in [2.75, 3.05) is 45.8 Å². The highest BCUT2D eigenvalue weighted by Gasteiger charge is 2.37. The average molecular weight is 268 g/mol. The SMILES string of the molecule is CC1(C)C(=O)NCCN1CCC(=O)N1CCNCC1. The lowest BCUT2D eigenvalue weighted by molar-refractivity contribution is -0.138. The molecule has 0 unspecified atom stereocenters. The number of nitrogens with one attached hydrogen (secondary N) is 2. The van der Waals surface area contributed by atoms with Crippen LogP contribution in [0.5, 0.6) is 0 Å². The molecule has 0 spiro atoms. The van der Waals surface area contributed by atoms with Gasteiger partial charge in [-0.05, 0) is 13.8 Å². The van der Waals surface area contributed by atoms with Gasteiger partial charge in [0.1, 0.15) is 0 Å². The highest BCUT2D eigenvalue weighted by Crippen LogP contribution is 2.17. The predicted octanol–water partition coefficient (Wildman–Crippen LogP) is -0.981. The van der Waals surface area contributed by atoms with Crippen molar-refractivity contribution in [3.63, 3.8) is 0 Å². The van der Waals surface area contributed by atoms with Crippen LogP contribution in [-0.2, 0) is 9.59 Å². The molecule has 2 rings (SSSR count). The topological polar surface area (TPSA) is 64.7 Å². The summed E-state index contributed by atoms with van der Waals surface area (Å²) >= 11 is 0. The second kappa shape index (κ2) is 5.88. The first-order valence-electron chi connectivity index (χ1n) is 7.03. The fourth-order valence-electron chi connectivity index (χ4n) is 2.64. The predicted molar refractivity (Wildman–Crippen MR) is 72.7 cm³/mol. The van der Waals surface area contributed by atoms with Gasteiger partial charge in [-0.1, -0.05) is 0 Å². The number of rotatable bonds is 3. The largest absolute Gasteiger partial charge is 0.353 e. The Morgan fingerprint density at radius 1 is 1.21 bits per heavy atom. The zero-order chi connectivity index (χ0) is 13.9. The second-order valence-corrected chi connectivity index (χ2v) is 5.68. The van der Waals surface area contributed by atoms with Gasteiger partial charge in [-0.15, -0.1) is 0 Å². The van der Waals surface area contributed by atoms with E-state index in [-0.39, 0.29) is 11.8 Å². The van der Waals surface area contributed by atoms with Crippen molar-refractivity contribution in [2.45, 2.75) is 25.8 Å². The number of hydrogen-bond acceptors (Lipinski definition) is 4. The molecule has 108 valence electrons. The zero-order valence-electron chi connectivity index (χ0n) is 11.9. The lowest BCUT2D eigenvalue weighted by Crippen LogP contribution is -2.62. The summed E-state index contributed by atoms with van der Waals surface area (Å²) < 4.78 is 0. The minimum atomic E-state index is -0.512. The number of amides is 2. The third-order valence-corrected chi connectivity index (χ3v) is 4.08. The molecule has 0 aromatic carbocycles. The first-order valence-corrected chi connectivity index (χ1v) is 7.03. The Bertz CT molecular complexity index is 351. The van der Waals surface area contributed by atoms with E-state index < -0.39 is 5.54 Å². The van der Waals surface area contributed by atoms with Gasteiger partial charge in [0.15, 0.2) is 0 Å². The standard InChI is InChI=1S/C13H24N4O2/c1-13(2)12(19)15-6-10-17(13)7-3-11(18)16-8-4-14-5-9-16/h14H,3-10H2,1-2H3,(H,15,19). The quantitative estimate of drug-likeness (QED) is 0.690. The molecule has 0 aromatic rings. The monoisotopic (exact) mass is 268 g/mol. The van der Waals surface area contributed by atoms with Crippen molar-refractivity contribution in [1.82, 2.24) is 20.4 Å². The van der Waals surface area contributed by atoms with Gasteiger partial charge in [0.05, 0.1) is 5.54 Å². The zero-order valence-corrected chi connectivity index (χ0v) is 11.9. The van der Waals surface area contributed by atoms with E-state index in [2.05, 4.69) is 15.5 Å². The van der Waals surface area contributed by atoms with E-state index in [9.17, 15) is 9.59 Å². The van der Waals surface area contributed by atoms with E-state index in [1.54, 1.807) is 0 Å². The molecule has 0 aliphatic carbocycles. The van der Waals surface area contributed by atoms with Gasteiger partial charge >= 0.3 is 0 Å². The first-order chi connectivity index (χ1) is 9.01. The van der Waals surface area contributed by atoms with Crippen LogP contribution in [0, 0.1) is 0 Å². The summed E-state index contributed by atoms with van der Waals surface area (Å²) in [6.07, 6.45) is 0.497. The van der Waals surface area contributed by atoms with Crippen LogP contribution >= 0.6 is 0 Å². The van der Waals surface area contributed by atoms with E-state index >= 15 is 0 Å². The van der Waals surface area contributed by atoms with Crippen LogP contribution in [0.4, 0.5) is 0 Å². The number of hydrogen-bond donors (Lipinski definition) is 2. The minimum absolute atomic E-state index is 0.0494. The Morgan fingerprint density at radius 2 is 1.89 bits per heavy atom. The summed E-state index contributed by atoms with van der Waals surface area (Å²) in [6.45, 7) is 9.31. The van der Waals surface area contributed by atoms with E-state index in [0.717, 1.165) is 32.7 Å². The third-order valence-electron chi connectivity index (χ3n) is 4.08. The summed E-state index contributed by atoms with van der Waals surface area (Å²) in [5, 5.41) is 6.11. The Morgan fingerprint density at radius 3 is 2.58 bits per heavy atom. The molecule has 6 heteroatoms. The summed E-state index contributed by atoms with van der Waals surface area (Å²) in [4.78, 5) is 27.9. The second-order valence-electron chi connectivity index (χ2n) is 5.68. The molecule has 0 radical (unpaired) electrons. The Hall–Kier alpha value is -1.14. The fraction of sp³-hybridized carbons (Fsp3) is 0.846. The maximum absolute atomic E-state index is 12.1. The Kier molecular flexibility index (Phi) is 4.42. The van der Waals surface area contributed by atoms with Crippen molar-refractivity contribution in [1.29, 1.82) is 0 Å². The molecule has 19 heavy (non-hydrogen) atoms. The van der Waals surface area contributed by atoms with E-state index in [1.165, 1.54) is 0 Å².